The van der Waals surface area contributed by atoms with Gasteiger partial charge in [0.2, 0.25) is 4.67 Å². The summed E-state index contributed by atoms with van der Waals surface area (Å²) in [5.41, 5.74) is 0.686. The second-order valence-corrected chi connectivity index (χ2v) is 2.92. The van der Waals surface area contributed by atoms with Gasteiger partial charge >= 0.3 is 5.97 Å². The molecule has 0 unspecified atom stereocenters. The van der Waals surface area contributed by atoms with Gasteiger partial charge in [-0.2, -0.15) is 0 Å². The van der Waals surface area contributed by atoms with Crippen molar-refractivity contribution in [3.05, 3.63) is 15.9 Å². The van der Waals surface area contributed by atoms with Gasteiger partial charge in [0.15, 0.2) is 0 Å². The van der Waals surface area contributed by atoms with Gasteiger partial charge in [-0.15, -0.1) is 0 Å². The Labute approximate surface area is 83.1 Å². The number of rotatable bonds is 3. The lowest BCUT2D eigenvalue weighted by Gasteiger charge is -1.97. The van der Waals surface area contributed by atoms with Crippen LogP contribution in [0.5, 0.6) is 0 Å². The molecule has 1 aromatic heterocycles. The molecule has 0 spiro atoms. The number of carbonyl (C=O) groups is 1. The van der Waals surface area contributed by atoms with E-state index in [0.717, 1.165) is 0 Å². The summed E-state index contributed by atoms with van der Waals surface area (Å²) in [6.07, 6.45) is 0. The van der Waals surface area contributed by atoms with Crippen LogP contribution in [0.4, 0.5) is 0 Å². The number of aromatic nitrogens is 1. The minimum absolute atomic E-state index is 0.208. The van der Waals surface area contributed by atoms with Gasteiger partial charge in [0.25, 0.3) is 0 Å². The highest BCUT2D eigenvalue weighted by molar-refractivity contribution is 9.10. The predicted molar refractivity (Wildman–Crippen MR) is 46.3 cm³/mol. The van der Waals surface area contributed by atoms with Crippen molar-refractivity contribution in [2.75, 3.05) is 14.2 Å². The number of methoxy groups -OCH3 is 2. The second kappa shape index (κ2) is 4.38. The molecule has 0 aliphatic carbocycles. The molecule has 5 nitrogen and oxygen atoms in total. The van der Waals surface area contributed by atoms with E-state index in [9.17, 15) is 4.79 Å². The summed E-state index contributed by atoms with van der Waals surface area (Å²) in [5.74, 6) is -0.500. The summed E-state index contributed by atoms with van der Waals surface area (Å²) >= 11 is 3.04. The maximum Gasteiger partial charge on any atom is 0.344 e. The topological polar surface area (TPSA) is 61.6 Å². The van der Waals surface area contributed by atoms with Gasteiger partial charge in [0, 0.05) is 7.11 Å². The van der Waals surface area contributed by atoms with Crippen LogP contribution in [0, 0.1) is 0 Å². The molecule has 0 saturated heterocycles. The van der Waals surface area contributed by atoms with Crippen LogP contribution in [0.1, 0.15) is 16.1 Å². The molecule has 0 aliphatic heterocycles. The average Bonchev–Trinajstić information content (AvgIpc) is 2.47. The molecule has 1 rings (SSSR count). The molecule has 0 bridgehead atoms. The van der Waals surface area contributed by atoms with Gasteiger partial charge in [0.1, 0.15) is 11.3 Å². The molecule has 1 heterocycles. The van der Waals surface area contributed by atoms with Gasteiger partial charge in [-0.3, -0.25) is 0 Å². The number of halogens is 1. The molecule has 0 N–H and O–H groups in total. The highest BCUT2D eigenvalue weighted by Gasteiger charge is 2.21. The molecule has 0 saturated carbocycles. The Balaban J connectivity index is 3.01. The van der Waals surface area contributed by atoms with E-state index in [4.69, 9.17) is 9.26 Å². The van der Waals surface area contributed by atoms with E-state index in [-0.39, 0.29) is 16.8 Å². The van der Waals surface area contributed by atoms with Crippen LogP contribution >= 0.6 is 15.9 Å². The zero-order valence-corrected chi connectivity index (χ0v) is 8.75. The molecule has 6 heteroatoms. The van der Waals surface area contributed by atoms with Gasteiger partial charge in [-0.1, -0.05) is 5.16 Å². The molecule has 0 atom stereocenters. The van der Waals surface area contributed by atoms with E-state index < -0.39 is 5.97 Å². The van der Waals surface area contributed by atoms with Crippen LogP contribution in [0.3, 0.4) is 0 Å². The van der Waals surface area contributed by atoms with Crippen LogP contribution in [0.15, 0.2) is 9.19 Å². The Morgan fingerprint density at radius 2 is 2.31 bits per heavy atom. The van der Waals surface area contributed by atoms with Crippen LogP contribution in [-0.4, -0.2) is 25.3 Å². The Hall–Kier alpha value is -0.880. The summed E-state index contributed by atoms with van der Waals surface area (Å²) in [7, 11) is 2.79. The van der Waals surface area contributed by atoms with Crippen molar-refractivity contribution in [1.82, 2.24) is 5.16 Å². The maximum atomic E-state index is 11.2. The molecular weight excluding hydrogens is 242 g/mol. The standard InChI is InChI=1S/C7H8BrNO4/c1-11-3-4-5(7(10)12-2)6(8)13-9-4/h3H2,1-2H3. The van der Waals surface area contributed by atoms with Crippen molar-refractivity contribution in [2.45, 2.75) is 6.61 Å². The van der Waals surface area contributed by atoms with E-state index >= 15 is 0 Å². The Morgan fingerprint density at radius 1 is 1.62 bits per heavy atom. The number of ether oxygens (including phenoxy) is 2. The molecule has 0 fully saturated rings. The molecule has 1 aromatic rings. The Kier molecular flexibility index (Phi) is 3.44. The summed E-state index contributed by atoms with van der Waals surface area (Å²) < 4.78 is 14.4. The molecule has 0 aromatic carbocycles. The quantitative estimate of drug-likeness (QED) is 0.758. The lowest BCUT2D eigenvalue weighted by molar-refractivity contribution is 0.0594. The van der Waals surface area contributed by atoms with E-state index in [1.54, 1.807) is 0 Å². The molecule has 0 amide bonds. The molecule has 0 radical (unpaired) electrons. The van der Waals surface area contributed by atoms with Crippen molar-refractivity contribution in [1.29, 1.82) is 0 Å². The molecule has 72 valence electrons. The first-order valence-electron chi connectivity index (χ1n) is 3.42. The highest BCUT2D eigenvalue weighted by Crippen LogP contribution is 2.21. The van der Waals surface area contributed by atoms with E-state index in [1.807, 2.05) is 0 Å². The third-order valence-electron chi connectivity index (χ3n) is 1.39. The van der Waals surface area contributed by atoms with Crippen molar-refractivity contribution < 1.29 is 18.8 Å². The third-order valence-corrected chi connectivity index (χ3v) is 1.93. The number of hydrogen-bond donors (Lipinski definition) is 0. The summed E-state index contributed by atoms with van der Waals surface area (Å²) in [4.78, 5) is 11.2. The smallest absolute Gasteiger partial charge is 0.344 e. The number of esters is 1. The fraction of sp³-hybridized carbons (Fsp3) is 0.429. The largest absolute Gasteiger partial charge is 0.465 e. The van der Waals surface area contributed by atoms with Crippen molar-refractivity contribution in [3.63, 3.8) is 0 Å². The fourth-order valence-electron chi connectivity index (χ4n) is 0.835. The minimum atomic E-state index is -0.500. The number of nitrogens with zero attached hydrogens (tertiary/aromatic N) is 1. The second-order valence-electron chi connectivity index (χ2n) is 2.20. The number of carbonyl (C=O) groups excluding carboxylic acids is 1. The lowest BCUT2D eigenvalue weighted by Crippen LogP contribution is -2.05. The van der Waals surface area contributed by atoms with E-state index in [1.165, 1.54) is 14.2 Å². The third kappa shape index (κ3) is 2.07. The summed E-state index contributed by atoms with van der Waals surface area (Å²) in [5, 5.41) is 3.63. The van der Waals surface area contributed by atoms with Crippen LogP contribution in [0.25, 0.3) is 0 Å². The van der Waals surface area contributed by atoms with Gasteiger partial charge < -0.3 is 14.0 Å². The Bertz CT molecular complexity index is 309. The average molecular weight is 250 g/mol. The van der Waals surface area contributed by atoms with Gasteiger partial charge in [-0.05, 0) is 15.9 Å². The lowest BCUT2D eigenvalue weighted by atomic mass is 10.2. The molecule has 0 aliphatic rings. The fourth-order valence-corrected chi connectivity index (χ4v) is 1.30. The molecule has 13 heavy (non-hydrogen) atoms. The monoisotopic (exact) mass is 249 g/mol. The first kappa shape index (κ1) is 10.2. The summed E-state index contributed by atoms with van der Waals surface area (Å²) in [6, 6.07) is 0. The van der Waals surface area contributed by atoms with Crippen molar-refractivity contribution in [3.8, 4) is 0 Å². The first-order chi connectivity index (χ1) is 6.20. The summed E-state index contributed by atoms with van der Waals surface area (Å²) in [6.45, 7) is 0.208. The van der Waals surface area contributed by atoms with Gasteiger partial charge in [0.05, 0.1) is 13.7 Å². The van der Waals surface area contributed by atoms with E-state index in [2.05, 4.69) is 25.8 Å². The highest BCUT2D eigenvalue weighted by atomic mass is 79.9. The normalized spacial score (nSPS) is 10.1. The SMILES string of the molecule is COCc1noc(Br)c1C(=O)OC. The Morgan fingerprint density at radius 3 is 2.85 bits per heavy atom. The van der Waals surface area contributed by atoms with E-state index in [0.29, 0.717) is 5.69 Å². The van der Waals surface area contributed by atoms with Gasteiger partial charge in [-0.25, -0.2) is 4.79 Å². The zero-order chi connectivity index (χ0) is 9.84. The number of hydrogen-bond acceptors (Lipinski definition) is 5. The van der Waals surface area contributed by atoms with Crippen LogP contribution < -0.4 is 0 Å². The minimum Gasteiger partial charge on any atom is -0.465 e. The van der Waals surface area contributed by atoms with Crippen molar-refractivity contribution in [2.24, 2.45) is 0 Å². The zero-order valence-electron chi connectivity index (χ0n) is 7.17. The van der Waals surface area contributed by atoms with Crippen molar-refractivity contribution >= 4 is 21.9 Å². The van der Waals surface area contributed by atoms with Crippen LogP contribution in [0.2, 0.25) is 0 Å². The predicted octanol–water partition coefficient (Wildman–Crippen LogP) is 1.37. The van der Waals surface area contributed by atoms with Crippen LogP contribution in [-0.2, 0) is 16.1 Å². The first-order valence-corrected chi connectivity index (χ1v) is 4.21. The maximum absolute atomic E-state index is 11.2. The molecular formula is C7H8BrNO4.